The second-order valence-corrected chi connectivity index (χ2v) is 7.00. The molecule has 0 bridgehead atoms. The van der Waals surface area contributed by atoms with Gasteiger partial charge in [0.25, 0.3) is 0 Å². The van der Waals surface area contributed by atoms with Gasteiger partial charge in [0.1, 0.15) is 5.75 Å². The number of hydrogen-bond acceptors (Lipinski definition) is 4. The normalized spacial score (nSPS) is 13.6. The van der Waals surface area contributed by atoms with Crippen LogP contribution in [0, 0.1) is 0 Å². The van der Waals surface area contributed by atoms with Crippen LogP contribution < -0.4 is 10.5 Å². The van der Waals surface area contributed by atoms with Gasteiger partial charge in [0.2, 0.25) is 0 Å². The molecule has 3 rings (SSSR count). The van der Waals surface area contributed by atoms with Crippen molar-refractivity contribution in [1.82, 2.24) is 0 Å². The zero-order valence-electron chi connectivity index (χ0n) is 11.1. The van der Waals surface area contributed by atoms with Crippen molar-refractivity contribution in [2.24, 2.45) is 0 Å². The molecule has 0 saturated heterocycles. The average Bonchev–Trinajstić information content (AvgIpc) is 2.47. The topological polar surface area (TPSA) is 44.5 Å². The Kier molecular flexibility index (Phi) is 4.64. The molecule has 0 amide bonds. The van der Waals surface area contributed by atoms with Gasteiger partial charge in [-0.2, -0.15) is 0 Å². The van der Waals surface area contributed by atoms with Crippen molar-refractivity contribution in [2.75, 3.05) is 12.5 Å². The molecule has 0 saturated carbocycles. The lowest BCUT2D eigenvalue weighted by molar-refractivity contribution is -0.0168. The summed E-state index contributed by atoms with van der Waals surface area (Å²) in [4.78, 5) is 1.03. The number of ether oxygens (including phenoxy) is 2. The smallest absolute Gasteiger partial charge is 0.189 e. The lowest BCUT2D eigenvalue weighted by Crippen LogP contribution is -2.12. The number of hydrogen-bond donors (Lipinski definition) is 1. The first-order chi connectivity index (χ1) is 10.1. The summed E-state index contributed by atoms with van der Waals surface area (Å²) in [6.45, 7) is 0.817. The molecule has 0 atom stereocenters. The number of nitrogens with two attached hydrogens (primary N) is 1. The second-order valence-electron chi connectivity index (χ2n) is 4.63. The Balaban J connectivity index is 1.85. The van der Waals surface area contributed by atoms with Gasteiger partial charge in [-0.3, -0.25) is 0 Å². The Morgan fingerprint density at radius 3 is 3.00 bits per heavy atom. The molecule has 0 fully saturated rings. The summed E-state index contributed by atoms with van der Waals surface area (Å²) in [6, 6.07) is 9.66. The van der Waals surface area contributed by atoms with E-state index in [4.69, 9.17) is 26.8 Å². The molecule has 3 nitrogen and oxygen atoms in total. The minimum Gasteiger partial charge on any atom is -0.467 e. The van der Waals surface area contributed by atoms with Crippen LogP contribution in [-0.4, -0.2) is 6.79 Å². The van der Waals surface area contributed by atoms with Crippen LogP contribution in [0.2, 0.25) is 5.02 Å². The van der Waals surface area contributed by atoms with Crippen LogP contribution in [0.15, 0.2) is 39.7 Å². The number of nitrogen functional groups attached to an aromatic ring is 1. The molecule has 0 spiro atoms. The Morgan fingerprint density at radius 1 is 1.29 bits per heavy atom. The van der Waals surface area contributed by atoms with E-state index in [0.29, 0.717) is 11.6 Å². The van der Waals surface area contributed by atoms with Gasteiger partial charge in [0, 0.05) is 37.0 Å². The van der Waals surface area contributed by atoms with Crippen LogP contribution in [0.4, 0.5) is 5.69 Å². The Bertz CT molecular complexity index is 681. The van der Waals surface area contributed by atoms with E-state index in [1.807, 2.05) is 30.3 Å². The van der Waals surface area contributed by atoms with E-state index in [2.05, 4.69) is 15.9 Å². The monoisotopic (exact) mass is 385 g/mol. The van der Waals surface area contributed by atoms with E-state index in [-0.39, 0.29) is 6.79 Å². The van der Waals surface area contributed by atoms with Gasteiger partial charge < -0.3 is 15.2 Å². The van der Waals surface area contributed by atoms with Crippen molar-refractivity contribution in [1.29, 1.82) is 0 Å². The molecule has 1 aliphatic rings. The third-order valence-corrected chi connectivity index (χ3v) is 4.94. The predicted octanol–water partition coefficient (Wildman–Crippen LogP) is 4.84. The molecule has 1 heterocycles. The number of thioether (sulfide) groups is 1. The van der Waals surface area contributed by atoms with E-state index >= 15 is 0 Å². The summed E-state index contributed by atoms with van der Waals surface area (Å²) in [5.74, 6) is 1.62. The molecule has 0 unspecified atom stereocenters. The Morgan fingerprint density at radius 2 is 2.14 bits per heavy atom. The number of anilines is 1. The van der Waals surface area contributed by atoms with E-state index in [9.17, 15) is 0 Å². The van der Waals surface area contributed by atoms with Crippen molar-refractivity contribution >= 4 is 45.0 Å². The summed E-state index contributed by atoms with van der Waals surface area (Å²) in [5, 5.41) is 0.695. The zero-order valence-corrected chi connectivity index (χ0v) is 14.2. The maximum atomic E-state index is 6.17. The van der Waals surface area contributed by atoms with Crippen molar-refractivity contribution in [3.8, 4) is 5.75 Å². The van der Waals surface area contributed by atoms with Gasteiger partial charge >= 0.3 is 0 Å². The van der Waals surface area contributed by atoms with Crippen molar-refractivity contribution in [2.45, 2.75) is 17.3 Å². The lowest BCUT2D eigenvalue weighted by Gasteiger charge is -2.21. The SMILES string of the molecule is Nc1ccc(Br)cc1SCc1cc(Cl)cc2c1OCOC2. The molecule has 1 aliphatic heterocycles. The fraction of sp³-hybridized carbons (Fsp3) is 0.200. The molecule has 2 aromatic carbocycles. The highest BCUT2D eigenvalue weighted by Gasteiger charge is 2.16. The maximum Gasteiger partial charge on any atom is 0.189 e. The summed E-state index contributed by atoms with van der Waals surface area (Å²) in [6.07, 6.45) is 0. The largest absolute Gasteiger partial charge is 0.467 e. The first kappa shape index (κ1) is 15.0. The summed E-state index contributed by atoms with van der Waals surface area (Å²) >= 11 is 11.3. The highest BCUT2D eigenvalue weighted by atomic mass is 79.9. The predicted molar refractivity (Wildman–Crippen MR) is 89.9 cm³/mol. The van der Waals surface area contributed by atoms with Crippen molar-refractivity contribution < 1.29 is 9.47 Å². The molecular weight excluding hydrogens is 374 g/mol. The average molecular weight is 387 g/mol. The van der Waals surface area contributed by atoms with Gasteiger partial charge in [0.15, 0.2) is 6.79 Å². The molecule has 21 heavy (non-hydrogen) atoms. The van der Waals surface area contributed by atoms with E-state index < -0.39 is 0 Å². The van der Waals surface area contributed by atoms with Crippen LogP contribution in [0.25, 0.3) is 0 Å². The first-order valence-electron chi connectivity index (χ1n) is 6.33. The lowest BCUT2D eigenvalue weighted by atomic mass is 10.1. The first-order valence-corrected chi connectivity index (χ1v) is 8.49. The highest BCUT2D eigenvalue weighted by Crippen LogP contribution is 2.37. The van der Waals surface area contributed by atoms with Crippen LogP contribution in [0.5, 0.6) is 5.75 Å². The fourth-order valence-electron chi connectivity index (χ4n) is 2.15. The van der Waals surface area contributed by atoms with Gasteiger partial charge in [-0.1, -0.05) is 27.5 Å². The van der Waals surface area contributed by atoms with E-state index in [0.717, 1.165) is 37.7 Å². The Labute approximate surface area is 140 Å². The van der Waals surface area contributed by atoms with Crippen molar-refractivity contribution in [3.63, 3.8) is 0 Å². The molecule has 2 N–H and O–H groups in total. The quantitative estimate of drug-likeness (QED) is 0.605. The molecular formula is C15H13BrClNO2S. The second kappa shape index (κ2) is 6.48. The number of halogens is 2. The third-order valence-electron chi connectivity index (χ3n) is 3.11. The van der Waals surface area contributed by atoms with E-state index in [1.54, 1.807) is 11.8 Å². The molecule has 110 valence electrons. The van der Waals surface area contributed by atoms with Gasteiger partial charge in [-0.05, 0) is 30.3 Å². The van der Waals surface area contributed by atoms with Crippen LogP contribution in [-0.2, 0) is 17.1 Å². The molecule has 6 heteroatoms. The minimum atomic E-state index is 0.283. The highest BCUT2D eigenvalue weighted by molar-refractivity contribution is 9.10. The number of benzene rings is 2. The van der Waals surface area contributed by atoms with Crippen LogP contribution in [0.3, 0.4) is 0 Å². The number of rotatable bonds is 3. The van der Waals surface area contributed by atoms with Gasteiger partial charge in [-0.15, -0.1) is 11.8 Å². The molecule has 0 radical (unpaired) electrons. The van der Waals surface area contributed by atoms with Crippen LogP contribution >= 0.6 is 39.3 Å². The molecule has 2 aromatic rings. The summed E-state index contributed by atoms with van der Waals surface area (Å²) in [5.41, 5.74) is 8.82. The number of fused-ring (bicyclic) bond motifs is 1. The minimum absolute atomic E-state index is 0.283. The molecule has 0 aromatic heterocycles. The van der Waals surface area contributed by atoms with Crippen LogP contribution in [0.1, 0.15) is 11.1 Å². The van der Waals surface area contributed by atoms with Gasteiger partial charge in [-0.25, -0.2) is 0 Å². The third kappa shape index (κ3) is 3.48. The summed E-state index contributed by atoms with van der Waals surface area (Å²) in [7, 11) is 0. The Hall–Kier alpha value is -0.880. The van der Waals surface area contributed by atoms with Crippen molar-refractivity contribution in [3.05, 3.63) is 51.0 Å². The standard InChI is InChI=1S/C15H13BrClNO2S/c16-11-1-2-13(18)14(5-11)21-7-10-4-12(17)3-9-6-19-8-20-15(9)10/h1-5H,6-8,18H2. The summed E-state index contributed by atoms with van der Waals surface area (Å²) < 4.78 is 11.9. The maximum absolute atomic E-state index is 6.17. The zero-order chi connectivity index (χ0) is 14.8. The van der Waals surface area contributed by atoms with Gasteiger partial charge in [0.05, 0.1) is 6.61 Å². The van der Waals surface area contributed by atoms with E-state index in [1.165, 1.54) is 0 Å². The molecule has 0 aliphatic carbocycles. The fourth-order valence-corrected chi connectivity index (χ4v) is 3.90.